The third-order valence-corrected chi connectivity index (χ3v) is 4.14. The molecule has 1 saturated carbocycles. The summed E-state index contributed by atoms with van der Waals surface area (Å²) >= 11 is 0. The molecule has 2 amide bonds. The summed E-state index contributed by atoms with van der Waals surface area (Å²) in [4.78, 5) is 23.1. The second-order valence-electron chi connectivity index (χ2n) is 5.59. The van der Waals surface area contributed by atoms with Crippen LogP contribution in [-0.2, 0) is 9.59 Å². The first-order chi connectivity index (χ1) is 9.38. The Balaban J connectivity index is 1.94. The summed E-state index contributed by atoms with van der Waals surface area (Å²) in [6, 6.07) is -0.254. The van der Waals surface area contributed by atoms with Crippen molar-refractivity contribution in [3.05, 3.63) is 0 Å². The van der Waals surface area contributed by atoms with Gasteiger partial charge in [-0.3, -0.25) is 9.59 Å². The zero-order valence-electron chi connectivity index (χ0n) is 11.1. The molecular formula is C13H19F3N2O2. The van der Waals surface area contributed by atoms with Crippen LogP contribution < -0.4 is 10.6 Å². The highest BCUT2D eigenvalue weighted by atomic mass is 19.4. The Morgan fingerprint density at radius 3 is 2.50 bits per heavy atom. The predicted molar refractivity (Wildman–Crippen MR) is 65.7 cm³/mol. The van der Waals surface area contributed by atoms with Crippen molar-refractivity contribution in [3.63, 3.8) is 0 Å². The van der Waals surface area contributed by atoms with Gasteiger partial charge >= 0.3 is 6.18 Å². The van der Waals surface area contributed by atoms with Gasteiger partial charge in [-0.25, -0.2) is 0 Å². The van der Waals surface area contributed by atoms with Gasteiger partial charge in [-0.15, -0.1) is 0 Å². The summed E-state index contributed by atoms with van der Waals surface area (Å²) < 4.78 is 38.8. The number of hydrogen-bond acceptors (Lipinski definition) is 2. The molecule has 0 aromatic rings. The second-order valence-corrected chi connectivity index (χ2v) is 5.59. The quantitative estimate of drug-likeness (QED) is 0.814. The number of alkyl halides is 3. The number of rotatable bonds is 2. The number of carbonyl (C=O) groups is 2. The first-order valence-electron chi connectivity index (χ1n) is 7.01. The fourth-order valence-electron chi connectivity index (χ4n) is 3.00. The van der Waals surface area contributed by atoms with E-state index in [-0.39, 0.29) is 24.8 Å². The number of carbonyl (C=O) groups excluding carboxylic acids is 2. The van der Waals surface area contributed by atoms with E-state index >= 15 is 0 Å². The lowest BCUT2D eigenvalue weighted by molar-refractivity contribution is -0.198. The van der Waals surface area contributed by atoms with Gasteiger partial charge in [0.1, 0.15) is 0 Å². The van der Waals surface area contributed by atoms with Crippen molar-refractivity contribution in [2.75, 3.05) is 6.54 Å². The van der Waals surface area contributed by atoms with E-state index in [2.05, 4.69) is 10.6 Å². The largest absolute Gasteiger partial charge is 0.392 e. The lowest BCUT2D eigenvalue weighted by atomic mass is 9.78. The van der Waals surface area contributed by atoms with Gasteiger partial charge in [-0.2, -0.15) is 13.2 Å². The molecular weight excluding hydrogens is 273 g/mol. The smallest absolute Gasteiger partial charge is 0.354 e. The van der Waals surface area contributed by atoms with Crippen molar-refractivity contribution in [2.45, 2.75) is 50.7 Å². The topological polar surface area (TPSA) is 58.2 Å². The Labute approximate surface area is 115 Å². The van der Waals surface area contributed by atoms with E-state index in [4.69, 9.17) is 0 Å². The van der Waals surface area contributed by atoms with E-state index in [0.717, 1.165) is 0 Å². The molecule has 20 heavy (non-hydrogen) atoms. The van der Waals surface area contributed by atoms with Crippen LogP contribution in [-0.4, -0.2) is 30.6 Å². The Morgan fingerprint density at radius 2 is 1.90 bits per heavy atom. The second kappa shape index (κ2) is 6.01. The van der Waals surface area contributed by atoms with E-state index < -0.39 is 23.9 Å². The number of nitrogens with one attached hydrogen (secondary N) is 2. The van der Waals surface area contributed by atoms with Crippen LogP contribution in [0.1, 0.15) is 38.5 Å². The summed E-state index contributed by atoms with van der Waals surface area (Å²) in [7, 11) is 0. The molecule has 2 aliphatic rings. The molecule has 1 heterocycles. The molecule has 3 atom stereocenters. The highest BCUT2D eigenvalue weighted by molar-refractivity contribution is 5.80. The molecule has 0 aromatic heterocycles. The van der Waals surface area contributed by atoms with E-state index in [1.165, 1.54) is 0 Å². The highest BCUT2D eigenvalue weighted by Crippen LogP contribution is 2.41. The van der Waals surface area contributed by atoms with Gasteiger partial charge in [0.2, 0.25) is 11.8 Å². The zero-order valence-corrected chi connectivity index (χ0v) is 11.1. The van der Waals surface area contributed by atoms with Gasteiger partial charge < -0.3 is 10.6 Å². The normalized spacial score (nSPS) is 31.6. The first kappa shape index (κ1) is 15.1. The number of hydrogen-bond donors (Lipinski definition) is 2. The molecule has 0 radical (unpaired) electrons. The van der Waals surface area contributed by atoms with E-state index in [1.807, 2.05) is 0 Å². The maximum atomic E-state index is 12.9. The molecule has 2 fully saturated rings. The molecule has 1 saturated heterocycles. The minimum Gasteiger partial charge on any atom is -0.354 e. The maximum Gasteiger partial charge on any atom is 0.392 e. The Bertz CT molecular complexity index is 374. The first-order valence-corrected chi connectivity index (χ1v) is 7.01. The number of amides is 2. The van der Waals surface area contributed by atoms with E-state index in [9.17, 15) is 22.8 Å². The third kappa shape index (κ3) is 3.64. The van der Waals surface area contributed by atoms with Gasteiger partial charge in [0.15, 0.2) is 0 Å². The van der Waals surface area contributed by atoms with Crippen LogP contribution in [0.2, 0.25) is 0 Å². The molecule has 0 bridgehead atoms. The third-order valence-electron chi connectivity index (χ3n) is 4.14. The van der Waals surface area contributed by atoms with Crippen molar-refractivity contribution >= 4 is 11.8 Å². The van der Waals surface area contributed by atoms with Gasteiger partial charge in [0.05, 0.1) is 5.92 Å². The van der Waals surface area contributed by atoms with Crippen molar-refractivity contribution < 1.29 is 22.8 Å². The number of halogens is 3. The van der Waals surface area contributed by atoms with Crippen LogP contribution in [0.15, 0.2) is 0 Å². The minimum absolute atomic E-state index is 0.0307. The summed E-state index contributed by atoms with van der Waals surface area (Å²) in [6.45, 7) is 0.300. The average Bonchev–Trinajstić information content (AvgIpc) is 2.40. The SMILES string of the molecule is O=C1CCC(NC(=O)C2CCCCC2C(F)(F)F)CN1. The molecule has 1 aliphatic heterocycles. The van der Waals surface area contributed by atoms with Crippen molar-refractivity contribution in [1.29, 1.82) is 0 Å². The van der Waals surface area contributed by atoms with Crippen molar-refractivity contribution in [3.8, 4) is 0 Å². The van der Waals surface area contributed by atoms with Gasteiger partial charge in [0, 0.05) is 24.9 Å². The van der Waals surface area contributed by atoms with Crippen molar-refractivity contribution in [1.82, 2.24) is 10.6 Å². The Kier molecular flexibility index (Phi) is 4.55. The molecule has 2 N–H and O–H groups in total. The van der Waals surface area contributed by atoms with Crippen LogP contribution in [0.5, 0.6) is 0 Å². The molecule has 4 nitrogen and oxygen atoms in total. The molecule has 7 heteroatoms. The van der Waals surface area contributed by atoms with Crippen LogP contribution in [0.25, 0.3) is 0 Å². The molecule has 0 spiro atoms. The number of piperidine rings is 1. The summed E-state index contributed by atoms with van der Waals surface area (Å²) in [6.07, 6.45) is -2.03. The molecule has 0 aromatic carbocycles. The summed E-state index contributed by atoms with van der Waals surface area (Å²) in [5.41, 5.74) is 0. The molecule has 1 aliphatic carbocycles. The van der Waals surface area contributed by atoms with Crippen LogP contribution in [0.4, 0.5) is 13.2 Å². The van der Waals surface area contributed by atoms with E-state index in [0.29, 0.717) is 32.2 Å². The highest BCUT2D eigenvalue weighted by Gasteiger charge is 2.48. The summed E-state index contributed by atoms with van der Waals surface area (Å²) in [5.74, 6) is -3.12. The van der Waals surface area contributed by atoms with Gasteiger partial charge in [-0.05, 0) is 19.3 Å². The zero-order chi connectivity index (χ0) is 14.8. The molecule has 3 unspecified atom stereocenters. The molecule has 114 valence electrons. The minimum atomic E-state index is -4.32. The monoisotopic (exact) mass is 292 g/mol. The maximum absolute atomic E-state index is 12.9. The van der Waals surface area contributed by atoms with Crippen LogP contribution in [0.3, 0.4) is 0 Å². The predicted octanol–water partition coefficient (Wildman–Crippen LogP) is 1.75. The Morgan fingerprint density at radius 1 is 1.20 bits per heavy atom. The fourth-order valence-corrected chi connectivity index (χ4v) is 3.00. The fraction of sp³-hybridized carbons (Fsp3) is 0.846. The van der Waals surface area contributed by atoms with Crippen LogP contribution in [0, 0.1) is 11.8 Å². The van der Waals surface area contributed by atoms with Crippen LogP contribution >= 0.6 is 0 Å². The van der Waals surface area contributed by atoms with E-state index in [1.54, 1.807) is 0 Å². The lowest BCUT2D eigenvalue weighted by Crippen LogP contribution is -2.51. The lowest BCUT2D eigenvalue weighted by Gasteiger charge is -2.33. The van der Waals surface area contributed by atoms with Gasteiger partial charge in [-0.1, -0.05) is 12.8 Å². The van der Waals surface area contributed by atoms with Crippen molar-refractivity contribution in [2.24, 2.45) is 11.8 Å². The summed E-state index contributed by atoms with van der Waals surface area (Å²) in [5, 5.41) is 5.26. The standard InChI is InChI=1S/C13H19F3N2O2/c14-13(15,16)10-4-2-1-3-9(10)12(20)18-8-5-6-11(19)17-7-8/h8-10H,1-7H2,(H,17,19)(H,18,20). The average molecular weight is 292 g/mol. The Hall–Kier alpha value is -1.27. The molecule has 2 rings (SSSR count). The van der Waals surface area contributed by atoms with Gasteiger partial charge in [0.25, 0.3) is 0 Å².